The van der Waals surface area contributed by atoms with Crippen LogP contribution in [0.1, 0.15) is 39.0 Å². The minimum Gasteiger partial charge on any atom is -0.481 e. The normalized spacial score (nSPS) is 16.5. The third-order valence-corrected chi connectivity index (χ3v) is 5.48. The molecule has 1 unspecified atom stereocenters. The first-order valence-electron chi connectivity index (χ1n) is 10.5. The highest BCUT2D eigenvalue weighted by molar-refractivity contribution is 5.81. The van der Waals surface area contributed by atoms with E-state index < -0.39 is 6.10 Å². The maximum atomic E-state index is 12.8. The van der Waals surface area contributed by atoms with Crippen molar-refractivity contribution in [1.82, 2.24) is 14.8 Å². The van der Waals surface area contributed by atoms with Crippen LogP contribution in [0.4, 0.5) is 0 Å². The molecule has 29 heavy (non-hydrogen) atoms. The van der Waals surface area contributed by atoms with E-state index in [0.29, 0.717) is 0 Å². The van der Waals surface area contributed by atoms with E-state index in [1.54, 1.807) is 0 Å². The van der Waals surface area contributed by atoms with Gasteiger partial charge in [-0.15, -0.1) is 0 Å². The highest BCUT2D eigenvalue weighted by Crippen LogP contribution is 2.24. The number of pyridine rings is 1. The molecule has 1 aromatic carbocycles. The predicted octanol–water partition coefficient (Wildman–Crippen LogP) is 3.53. The van der Waals surface area contributed by atoms with Gasteiger partial charge < -0.3 is 9.64 Å². The zero-order valence-corrected chi connectivity index (χ0v) is 18.1. The predicted molar refractivity (Wildman–Crippen MR) is 116 cm³/mol. The Bertz CT molecular complexity index is 776. The summed E-state index contributed by atoms with van der Waals surface area (Å²) in [4.78, 5) is 21.5. The summed E-state index contributed by atoms with van der Waals surface area (Å²) in [6.07, 6.45) is 2.30. The van der Waals surface area contributed by atoms with Gasteiger partial charge in [-0.3, -0.25) is 14.7 Å². The van der Waals surface area contributed by atoms with Crippen LogP contribution >= 0.6 is 0 Å². The van der Waals surface area contributed by atoms with Crippen LogP contribution in [0.15, 0.2) is 48.7 Å². The SMILES string of the molecule is CC(Oc1ccc(C(C)(C)C)cc1)C(=O)N1CCN(CCc2ccccn2)CC1. The zero-order valence-electron chi connectivity index (χ0n) is 18.1. The Hall–Kier alpha value is -2.40. The second-order valence-corrected chi connectivity index (χ2v) is 8.77. The van der Waals surface area contributed by atoms with Crippen LogP contribution in [-0.2, 0) is 16.6 Å². The average molecular weight is 396 g/mol. The molecule has 1 aliphatic heterocycles. The largest absolute Gasteiger partial charge is 0.481 e. The van der Waals surface area contributed by atoms with Gasteiger partial charge in [0.05, 0.1) is 0 Å². The Balaban J connectivity index is 1.45. The second kappa shape index (κ2) is 9.40. The van der Waals surface area contributed by atoms with E-state index in [4.69, 9.17) is 4.74 Å². The second-order valence-electron chi connectivity index (χ2n) is 8.77. The molecule has 0 spiro atoms. The van der Waals surface area contributed by atoms with Crippen LogP contribution < -0.4 is 4.74 Å². The number of carbonyl (C=O) groups excluding carboxylic acids is 1. The molecule has 1 amide bonds. The Morgan fingerprint density at radius 3 is 2.34 bits per heavy atom. The average Bonchev–Trinajstić information content (AvgIpc) is 2.72. The van der Waals surface area contributed by atoms with Crippen molar-refractivity contribution in [1.29, 1.82) is 0 Å². The van der Waals surface area contributed by atoms with Gasteiger partial charge in [0.15, 0.2) is 6.10 Å². The summed E-state index contributed by atoms with van der Waals surface area (Å²) < 4.78 is 5.92. The summed E-state index contributed by atoms with van der Waals surface area (Å²) >= 11 is 0. The number of amides is 1. The van der Waals surface area contributed by atoms with Crippen LogP contribution in [-0.4, -0.2) is 59.5 Å². The van der Waals surface area contributed by atoms with Crippen LogP contribution in [0, 0.1) is 0 Å². The third kappa shape index (κ3) is 6.04. The van der Waals surface area contributed by atoms with Crippen molar-refractivity contribution < 1.29 is 9.53 Å². The van der Waals surface area contributed by atoms with Crippen LogP contribution in [0.5, 0.6) is 5.75 Å². The number of nitrogens with zero attached hydrogens (tertiary/aromatic N) is 3. The minimum atomic E-state index is -0.476. The lowest BCUT2D eigenvalue weighted by atomic mass is 9.87. The van der Waals surface area contributed by atoms with Crippen molar-refractivity contribution in [3.8, 4) is 5.75 Å². The van der Waals surface area contributed by atoms with E-state index in [1.807, 2.05) is 42.3 Å². The number of aromatic nitrogens is 1. The number of ether oxygens (including phenoxy) is 1. The Morgan fingerprint density at radius 2 is 1.76 bits per heavy atom. The monoisotopic (exact) mass is 395 g/mol. The van der Waals surface area contributed by atoms with Crippen LogP contribution in [0.3, 0.4) is 0 Å². The molecule has 0 saturated carbocycles. The highest BCUT2D eigenvalue weighted by atomic mass is 16.5. The number of benzene rings is 1. The van der Waals surface area contributed by atoms with Crippen molar-refractivity contribution in [2.45, 2.75) is 45.6 Å². The van der Waals surface area contributed by atoms with E-state index in [9.17, 15) is 4.79 Å². The van der Waals surface area contributed by atoms with Crippen molar-refractivity contribution in [3.63, 3.8) is 0 Å². The topological polar surface area (TPSA) is 45.7 Å². The molecule has 5 heteroatoms. The van der Waals surface area contributed by atoms with Gasteiger partial charge in [-0.1, -0.05) is 39.0 Å². The van der Waals surface area contributed by atoms with Gasteiger partial charge in [0.1, 0.15) is 5.75 Å². The number of hydrogen-bond acceptors (Lipinski definition) is 4. The molecular formula is C24H33N3O2. The Morgan fingerprint density at radius 1 is 1.07 bits per heavy atom. The molecule has 5 nitrogen and oxygen atoms in total. The van der Waals surface area contributed by atoms with Crippen LogP contribution in [0.2, 0.25) is 0 Å². The van der Waals surface area contributed by atoms with Crippen molar-refractivity contribution >= 4 is 5.91 Å². The van der Waals surface area contributed by atoms with Gasteiger partial charge in [0.25, 0.3) is 5.91 Å². The molecule has 0 radical (unpaired) electrons. The van der Waals surface area contributed by atoms with Crippen LogP contribution in [0.25, 0.3) is 0 Å². The molecule has 0 bridgehead atoms. The number of carbonyl (C=O) groups is 1. The molecule has 1 aromatic heterocycles. The van der Waals surface area contributed by atoms with Gasteiger partial charge >= 0.3 is 0 Å². The summed E-state index contributed by atoms with van der Waals surface area (Å²) in [5.41, 5.74) is 2.48. The first-order valence-corrected chi connectivity index (χ1v) is 10.5. The highest BCUT2D eigenvalue weighted by Gasteiger charge is 2.26. The quantitative estimate of drug-likeness (QED) is 0.751. The maximum Gasteiger partial charge on any atom is 0.263 e. The van der Waals surface area contributed by atoms with Gasteiger partial charge in [-0.25, -0.2) is 0 Å². The summed E-state index contributed by atoms with van der Waals surface area (Å²) in [6.45, 7) is 12.7. The molecule has 3 rings (SSSR count). The summed E-state index contributed by atoms with van der Waals surface area (Å²) in [6, 6.07) is 14.1. The van der Waals surface area contributed by atoms with Gasteiger partial charge in [0, 0.05) is 51.0 Å². The molecule has 156 valence electrons. The van der Waals surface area contributed by atoms with Crippen molar-refractivity contribution in [2.75, 3.05) is 32.7 Å². The van der Waals surface area contributed by atoms with Gasteiger partial charge in [-0.2, -0.15) is 0 Å². The number of rotatable bonds is 6. The summed E-state index contributed by atoms with van der Waals surface area (Å²) in [5, 5.41) is 0. The van der Waals surface area contributed by atoms with E-state index >= 15 is 0 Å². The summed E-state index contributed by atoms with van der Waals surface area (Å²) in [7, 11) is 0. The lowest BCUT2D eigenvalue weighted by Gasteiger charge is -2.35. The lowest BCUT2D eigenvalue weighted by molar-refractivity contribution is -0.139. The first kappa shape index (κ1) is 21.3. The molecule has 0 N–H and O–H groups in total. The third-order valence-electron chi connectivity index (χ3n) is 5.48. The molecular weight excluding hydrogens is 362 g/mol. The number of hydrogen-bond donors (Lipinski definition) is 0. The molecule has 0 aliphatic carbocycles. The maximum absolute atomic E-state index is 12.8. The summed E-state index contributed by atoms with van der Waals surface area (Å²) in [5.74, 6) is 0.808. The smallest absolute Gasteiger partial charge is 0.263 e. The van der Waals surface area contributed by atoms with Gasteiger partial charge in [-0.05, 0) is 42.2 Å². The van der Waals surface area contributed by atoms with E-state index in [0.717, 1.165) is 50.6 Å². The Kier molecular flexibility index (Phi) is 6.91. The molecule has 2 heterocycles. The molecule has 2 aromatic rings. The van der Waals surface area contributed by atoms with E-state index in [2.05, 4.69) is 48.9 Å². The van der Waals surface area contributed by atoms with E-state index in [1.165, 1.54) is 5.56 Å². The van der Waals surface area contributed by atoms with Crippen molar-refractivity contribution in [3.05, 3.63) is 59.9 Å². The van der Waals surface area contributed by atoms with E-state index in [-0.39, 0.29) is 11.3 Å². The molecule has 1 atom stereocenters. The lowest BCUT2D eigenvalue weighted by Crippen LogP contribution is -2.52. The van der Waals surface area contributed by atoms with Crippen molar-refractivity contribution in [2.24, 2.45) is 0 Å². The first-order chi connectivity index (χ1) is 13.8. The molecule has 1 aliphatic rings. The number of piperazine rings is 1. The fourth-order valence-electron chi connectivity index (χ4n) is 3.56. The molecule has 1 saturated heterocycles. The standard InChI is InChI=1S/C24H33N3O2/c1-19(29-22-10-8-20(9-11-22)24(2,3)4)23(28)27-17-15-26(16-18-27)14-12-21-7-5-6-13-25-21/h5-11,13,19H,12,14-18H2,1-4H3. The zero-order chi connectivity index (χ0) is 20.9. The minimum absolute atomic E-state index is 0.0641. The van der Waals surface area contributed by atoms with Gasteiger partial charge in [0.2, 0.25) is 0 Å². The fraction of sp³-hybridized carbons (Fsp3) is 0.500. The molecule has 1 fully saturated rings. The Labute approximate surface area is 174 Å². The fourth-order valence-corrected chi connectivity index (χ4v) is 3.56.